The van der Waals surface area contributed by atoms with Gasteiger partial charge in [0.25, 0.3) is 11.1 Å². The van der Waals surface area contributed by atoms with Crippen molar-refractivity contribution in [3.63, 3.8) is 0 Å². The quantitative estimate of drug-likeness (QED) is 0.727. The maximum Gasteiger partial charge on any atom is 0.277 e. The number of hydrogen-bond acceptors (Lipinski definition) is 7. The van der Waals surface area contributed by atoms with Crippen LogP contribution >= 0.6 is 11.8 Å². The van der Waals surface area contributed by atoms with Crippen LogP contribution < -0.4 is 4.74 Å². The molecule has 2 aromatic rings. The minimum atomic E-state index is -0.525. The first-order valence-electron chi connectivity index (χ1n) is 7.74. The zero-order valence-corrected chi connectivity index (χ0v) is 14.3. The molecule has 1 atom stereocenters. The van der Waals surface area contributed by atoms with E-state index in [0.29, 0.717) is 25.1 Å². The average molecular weight is 365 g/mol. The molecule has 0 N–H and O–H groups in total. The van der Waals surface area contributed by atoms with E-state index in [1.807, 2.05) is 0 Å². The summed E-state index contributed by atoms with van der Waals surface area (Å²) in [5, 5.41) is 7.98. The Labute approximate surface area is 147 Å². The molecule has 0 saturated carbocycles. The number of nitrogens with zero attached hydrogens (tertiary/aromatic N) is 3. The molecule has 0 unspecified atom stereocenters. The maximum absolute atomic E-state index is 12.9. The molecule has 0 spiro atoms. The van der Waals surface area contributed by atoms with Crippen molar-refractivity contribution >= 4 is 23.6 Å². The first-order valence-corrected chi connectivity index (χ1v) is 8.73. The first kappa shape index (κ1) is 17.4. The van der Waals surface area contributed by atoms with Crippen molar-refractivity contribution in [1.29, 1.82) is 0 Å². The van der Waals surface area contributed by atoms with Gasteiger partial charge in [0.05, 0.1) is 5.75 Å². The Hall–Kier alpha value is -2.42. The van der Waals surface area contributed by atoms with Gasteiger partial charge in [0.2, 0.25) is 11.8 Å². The molecule has 7 nitrogen and oxygen atoms in total. The van der Waals surface area contributed by atoms with Crippen LogP contribution in [0, 0.1) is 5.82 Å². The molecule has 9 heteroatoms. The smallest absolute Gasteiger partial charge is 0.277 e. The molecule has 0 bridgehead atoms. The van der Waals surface area contributed by atoms with Gasteiger partial charge in [-0.3, -0.25) is 14.5 Å². The number of likely N-dealkylation sites (tertiary alicyclic amines) is 1. The highest BCUT2D eigenvalue weighted by Crippen LogP contribution is 2.24. The van der Waals surface area contributed by atoms with Crippen molar-refractivity contribution < 1.29 is 23.1 Å². The van der Waals surface area contributed by atoms with Crippen molar-refractivity contribution in [3.8, 4) is 5.75 Å². The van der Waals surface area contributed by atoms with Crippen LogP contribution in [0.25, 0.3) is 0 Å². The molecule has 1 fully saturated rings. The molecular weight excluding hydrogens is 349 g/mol. The number of hydrogen-bond donors (Lipinski definition) is 0. The van der Waals surface area contributed by atoms with E-state index < -0.39 is 6.10 Å². The molecule has 0 aliphatic carbocycles. The molecule has 2 heterocycles. The van der Waals surface area contributed by atoms with Gasteiger partial charge in [-0.15, -0.1) is 10.2 Å². The topological polar surface area (TPSA) is 85.5 Å². The second-order valence-electron chi connectivity index (χ2n) is 5.45. The van der Waals surface area contributed by atoms with Crippen molar-refractivity contribution in [2.75, 3.05) is 12.3 Å². The summed E-state index contributed by atoms with van der Waals surface area (Å²) in [5.41, 5.74) is 0. The summed E-state index contributed by atoms with van der Waals surface area (Å²) < 4.78 is 24.0. The lowest BCUT2D eigenvalue weighted by molar-refractivity contribution is -0.140. The van der Waals surface area contributed by atoms with Crippen LogP contribution in [0.1, 0.15) is 31.8 Å². The molecule has 1 saturated heterocycles. The molecule has 1 aliphatic heterocycles. The molecule has 1 aromatic heterocycles. The summed E-state index contributed by atoms with van der Waals surface area (Å²) in [6.45, 7) is 2.19. The number of ether oxygens (including phenoxy) is 1. The summed E-state index contributed by atoms with van der Waals surface area (Å²) in [6, 6.07) is 5.60. The Balaban J connectivity index is 1.53. The summed E-state index contributed by atoms with van der Waals surface area (Å²) in [5.74, 6) is 0.0276. The zero-order chi connectivity index (χ0) is 17.8. The molecule has 0 radical (unpaired) electrons. The van der Waals surface area contributed by atoms with E-state index >= 15 is 0 Å². The SMILES string of the molecule is C[C@H](Oc1ccc(F)cc1)c1nnc(SCC(=O)N2CCCC2=O)o1. The van der Waals surface area contributed by atoms with Gasteiger partial charge >= 0.3 is 0 Å². The van der Waals surface area contributed by atoms with Gasteiger partial charge in [-0.2, -0.15) is 0 Å². The number of benzene rings is 1. The summed E-state index contributed by atoms with van der Waals surface area (Å²) in [4.78, 5) is 24.8. The van der Waals surface area contributed by atoms with Gasteiger partial charge in [-0.25, -0.2) is 4.39 Å². The molecule has 2 amide bonds. The van der Waals surface area contributed by atoms with E-state index in [4.69, 9.17) is 9.15 Å². The third-order valence-corrected chi connectivity index (χ3v) is 4.39. The number of amides is 2. The highest BCUT2D eigenvalue weighted by atomic mass is 32.2. The van der Waals surface area contributed by atoms with E-state index in [1.165, 1.54) is 29.2 Å². The van der Waals surface area contributed by atoms with Crippen LogP contribution in [0.2, 0.25) is 0 Å². The molecular formula is C16H16FN3O4S. The van der Waals surface area contributed by atoms with Crippen LogP contribution in [0.5, 0.6) is 5.75 Å². The van der Waals surface area contributed by atoms with E-state index in [1.54, 1.807) is 6.92 Å². The highest BCUT2D eigenvalue weighted by molar-refractivity contribution is 7.99. The number of carbonyl (C=O) groups excluding carboxylic acids is 2. The Morgan fingerprint density at radius 3 is 2.84 bits per heavy atom. The fraction of sp³-hybridized carbons (Fsp3) is 0.375. The van der Waals surface area contributed by atoms with Crippen LogP contribution in [0.4, 0.5) is 4.39 Å². The number of imide groups is 1. The Morgan fingerprint density at radius 1 is 1.40 bits per heavy atom. The van der Waals surface area contributed by atoms with Gasteiger partial charge in [0, 0.05) is 13.0 Å². The molecule has 25 heavy (non-hydrogen) atoms. The van der Waals surface area contributed by atoms with Crippen molar-refractivity contribution in [1.82, 2.24) is 15.1 Å². The number of thioether (sulfide) groups is 1. The fourth-order valence-electron chi connectivity index (χ4n) is 2.32. The normalized spacial score (nSPS) is 15.4. The molecule has 1 aliphatic rings. The minimum absolute atomic E-state index is 0.0561. The maximum atomic E-state index is 12.9. The van der Waals surface area contributed by atoms with Crippen LogP contribution in [-0.4, -0.2) is 39.2 Å². The van der Waals surface area contributed by atoms with E-state index in [9.17, 15) is 14.0 Å². The molecule has 3 rings (SSSR count). The highest BCUT2D eigenvalue weighted by Gasteiger charge is 2.26. The Bertz CT molecular complexity index is 765. The van der Waals surface area contributed by atoms with Gasteiger partial charge in [-0.05, 0) is 37.6 Å². The Morgan fingerprint density at radius 2 is 2.16 bits per heavy atom. The van der Waals surface area contributed by atoms with Gasteiger partial charge in [0.15, 0.2) is 6.10 Å². The lowest BCUT2D eigenvalue weighted by Gasteiger charge is -2.12. The lowest BCUT2D eigenvalue weighted by atomic mass is 10.3. The summed E-state index contributed by atoms with van der Waals surface area (Å²) in [6.07, 6.45) is 0.598. The van der Waals surface area contributed by atoms with E-state index in [-0.39, 0.29) is 34.5 Å². The summed E-state index contributed by atoms with van der Waals surface area (Å²) >= 11 is 1.08. The van der Waals surface area contributed by atoms with Crippen molar-refractivity contribution in [3.05, 3.63) is 36.0 Å². The lowest BCUT2D eigenvalue weighted by Crippen LogP contribution is -2.33. The molecule has 1 aromatic carbocycles. The van der Waals surface area contributed by atoms with Gasteiger partial charge in [0.1, 0.15) is 11.6 Å². The number of carbonyl (C=O) groups is 2. The standard InChI is InChI=1S/C16H16FN3O4S/c1-10(23-12-6-4-11(17)5-7-12)15-18-19-16(24-15)25-9-14(22)20-8-2-3-13(20)21/h4-7,10H,2-3,8-9H2,1H3/t10-/m0/s1. The predicted octanol–water partition coefficient (Wildman–Crippen LogP) is 2.59. The number of rotatable bonds is 6. The van der Waals surface area contributed by atoms with Crippen LogP contribution in [-0.2, 0) is 9.59 Å². The first-order chi connectivity index (χ1) is 12.0. The average Bonchev–Trinajstić information content (AvgIpc) is 3.24. The number of halogens is 1. The van der Waals surface area contributed by atoms with Crippen LogP contribution in [0.3, 0.4) is 0 Å². The van der Waals surface area contributed by atoms with Gasteiger partial charge < -0.3 is 9.15 Å². The third-order valence-electron chi connectivity index (χ3n) is 3.59. The third kappa shape index (κ3) is 4.36. The zero-order valence-electron chi connectivity index (χ0n) is 13.5. The van der Waals surface area contributed by atoms with Crippen LogP contribution in [0.15, 0.2) is 33.9 Å². The minimum Gasteiger partial charge on any atom is -0.481 e. The van der Waals surface area contributed by atoms with Crippen molar-refractivity contribution in [2.45, 2.75) is 31.1 Å². The summed E-state index contributed by atoms with van der Waals surface area (Å²) in [7, 11) is 0. The van der Waals surface area contributed by atoms with E-state index in [0.717, 1.165) is 11.8 Å². The largest absolute Gasteiger partial charge is 0.481 e. The van der Waals surface area contributed by atoms with Gasteiger partial charge in [-0.1, -0.05) is 11.8 Å². The monoisotopic (exact) mass is 365 g/mol. The van der Waals surface area contributed by atoms with Crippen molar-refractivity contribution in [2.24, 2.45) is 0 Å². The number of aromatic nitrogens is 2. The molecule has 132 valence electrons. The predicted molar refractivity (Wildman–Crippen MR) is 86.4 cm³/mol. The second kappa shape index (κ2) is 7.64. The fourth-order valence-corrected chi connectivity index (χ4v) is 2.97. The Kier molecular flexibility index (Phi) is 5.32. The van der Waals surface area contributed by atoms with E-state index in [2.05, 4.69) is 10.2 Å². The second-order valence-corrected chi connectivity index (χ2v) is 6.38.